The van der Waals surface area contributed by atoms with Crippen LogP contribution in [0.25, 0.3) is 0 Å². The smallest absolute Gasteiger partial charge is 0.0824 e. The van der Waals surface area contributed by atoms with E-state index in [1.165, 1.54) is 0 Å². The fourth-order valence-electron chi connectivity index (χ4n) is 2.03. The summed E-state index contributed by atoms with van der Waals surface area (Å²) in [4.78, 5) is 2.45. The Morgan fingerprint density at radius 3 is 3.00 bits per heavy atom. The molecule has 0 radical (unpaired) electrons. The molecule has 2 aliphatic heterocycles. The molecule has 0 bridgehead atoms. The van der Waals surface area contributed by atoms with Gasteiger partial charge in [0.25, 0.3) is 0 Å². The van der Waals surface area contributed by atoms with Crippen molar-refractivity contribution in [2.24, 2.45) is 5.73 Å². The molecule has 4 heteroatoms. The second-order valence-electron chi connectivity index (χ2n) is 3.74. The van der Waals surface area contributed by atoms with Crippen molar-refractivity contribution in [2.45, 2.75) is 18.6 Å². The van der Waals surface area contributed by atoms with E-state index < -0.39 is 0 Å². The number of ether oxygens (including phenoxy) is 2. The minimum absolute atomic E-state index is 0.231. The Morgan fingerprint density at radius 2 is 2.31 bits per heavy atom. The fourth-order valence-corrected chi connectivity index (χ4v) is 2.03. The maximum atomic E-state index is 5.58. The first-order valence-electron chi connectivity index (χ1n) is 5.03. The molecule has 0 aromatic rings. The fraction of sp³-hybridized carbons (Fsp3) is 1.00. The predicted octanol–water partition coefficient (Wildman–Crippen LogP) is -0.565. The minimum atomic E-state index is 0.231. The van der Waals surface area contributed by atoms with Gasteiger partial charge < -0.3 is 15.2 Å². The van der Waals surface area contributed by atoms with E-state index in [1.54, 1.807) is 0 Å². The highest BCUT2D eigenvalue weighted by molar-refractivity contribution is 4.80. The molecular weight excluding hydrogens is 168 g/mol. The third-order valence-corrected chi connectivity index (χ3v) is 2.86. The van der Waals surface area contributed by atoms with E-state index >= 15 is 0 Å². The van der Waals surface area contributed by atoms with Gasteiger partial charge in [0.1, 0.15) is 0 Å². The van der Waals surface area contributed by atoms with E-state index in [2.05, 4.69) is 4.90 Å². The van der Waals surface area contributed by atoms with E-state index in [0.29, 0.717) is 12.6 Å². The minimum Gasteiger partial charge on any atom is -0.380 e. The molecule has 0 amide bonds. The molecule has 76 valence electrons. The molecule has 2 atom stereocenters. The second kappa shape index (κ2) is 4.37. The molecule has 0 aromatic heterocycles. The molecular formula is C9H18N2O2. The van der Waals surface area contributed by atoms with Crippen molar-refractivity contribution in [3.63, 3.8) is 0 Å². The van der Waals surface area contributed by atoms with Crippen molar-refractivity contribution in [2.75, 3.05) is 39.5 Å². The summed E-state index contributed by atoms with van der Waals surface area (Å²) < 4.78 is 10.9. The lowest BCUT2D eigenvalue weighted by Gasteiger charge is -2.35. The van der Waals surface area contributed by atoms with E-state index in [4.69, 9.17) is 15.2 Å². The number of nitrogens with two attached hydrogens (primary N) is 1. The molecule has 0 aliphatic carbocycles. The molecule has 2 aliphatic rings. The molecule has 2 N–H and O–H groups in total. The Labute approximate surface area is 79.0 Å². The maximum Gasteiger partial charge on any atom is 0.0824 e. The van der Waals surface area contributed by atoms with Crippen LogP contribution < -0.4 is 5.73 Å². The van der Waals surface area contributed by atoms with Gasteiger partial charge in [0.15, 0.2) is 0 Å². The first-order chi connectivity index (χ1) is 6.40. The summed E-state index contributed by atoms with van der Waals surface area (Å²) in [5.41, 5.74) is 5.58. The van der Waals surface area contributed by atoms with E-state index in [1.807, 2.05) is 0 Å². The van der Waals surface area contributed by atoms with Gasteiger partial charge in [-0.1, -0.05) is 0 Å². The van der Waals surface area contributed by atoms with Crippen molar-refractivity contribution < 1.29 is 9.47 Å². The SMILES string of the molecule is NCC1CN(C2CCOC2)CCO1. The first-order valence-corrected chi connectivity index (χ1v) is 5.03. The molecule has 2 saturated heterocycles. The Kier molecular flexibility index (Phi) is 3.16. The van der Waals surface area contributed by atoms with Gasteiger partial charge in [-0.25, -0.2) is 0 Å². The molecule has 2 unspecified atom stereocenters. The summed E-state index contributed by atoms with van der Waals surface area (Å²) in [6, 6.07) is 0.609. The van der Waals surface area contributed by atoms with Crippen LogP contribution in [0.15, 0.2) is 0 Å². The Bertz CT molecular complexity index is 160. The van der Waals surface area contributed by atoms with E-state index in [0.717, 1.165) is 39.3 Å². The molecule has 2 rings (SSSR count). The molecule has 2 fully saturated rings. The van der Waals surface area contributed by atoms with Gasteiger partial charge in [0, 0.05) is 32.3 Å². The van der Waals surface area contributed by atoms with Crippen LogP contribution in [0.5, 0.6) is 0 Å². The van der Waals surface area contributed by atoms with Gasteiger partial charge in [-0.3, -0.25) is 4.90 Å². The highest BCUT2D eigenvalue weighted by atomic mass is 16.5. The van der Waals surface area contributed by atoms with Crippen LogP contribution in [0.1, 0.15) is 6.42 Å². The van der Waals surface area contributed by atoms with Crippen LogP contribution in [-0.2, 0) is 9.47 Å². The van der Waals surface area contributed by atoms with E-state index in [-0.39, 0.29) is 6.10 Å². The monoisotopic (exact) mass is 186 g/mol. The summed E-state index contributed by atoms with van der Waals surface area (Å²) in [6.45, 7) is 5.25. The van der Waals surface area contributed by atoms with Crippen LogP contribution in [0, 0.1) is 0 Å². The number of rotatable bonds is 2. The zero-order valence-electron chi connectivity index (χ0n) is 7.95. The van der Waals surface area contributed by atoms with Crippen molar-refractivity contribution in [1.82, 2.24) is 4.90 Å². The standard InChI is InChI=1S/C9H18N2O2/c10-5-9-6-11(2-4-13-9)8-1-3-12-7-8/h8-9H,1-7,10H2. The average molecular weight is 186 g/mol. The summed E-state index contributed by atoms with van der Waals surface area (Å²) in [5.74, 6) is 0. The molecule has 13 heavy (non-hydrogen) atoms. The van der Waals surface area contributed by atoms with Gasteiger partial charge in [-0.05, 0) is 6.42 Å². The topological polar surface area (TPSA) is 47.7 Å². The zero-order chi connectivity index (χ0) is 9.10. The van der Waals surface area contributed by atoms with Crippen LogP contribution in [0.4, 0.5) is 0 Å². The molecule has 0 saturated carbocycles. The van der Waals surface area contributed by atoms with Crippen LogP contribution in [0.3, 0.4) is 0 Å². The lowest BCUT2D eigenvalue weighted by atomic mass is 10.2. The third-order valence-electron chi connectivity index (χ3n) is 2.86. The largest absolute Gasteiger partial charge is 0.380 e. The third kappa shape index (κ3) is 2.20. The van der Waals surface area contributed by atoms with Crippen molar-refractivity contribution in [1.29, 1.82) is 0 Å². The molecule has 2 heterocycles. The number of hydrogen-bond donors (Lipinski definition) is 1. The van der Waals surface area contributed by atoms with Crippen molar-refractivity contribution in [3.05, 3.63) is 0 Å². The number of morpholine rings is 1. The number of nitrogens with zero attached hydrogens (tertiary/aromatic N) is 1. The zero-order valence-corrected chi connectivity index (χ0v) is 7.95. The summed E-state index contributed by atoms with van der Waals surface area (Å²) >= 11 is 0. The van der Waals surface area contributed by atoms with Gasteiger partial charge in [-0.15, -0.1) is 0 Å². The Balaban J connectivity index is 1.84. The predicted molar refractivity (Wildman–Crippen MR) is 49.6 cm³/mol. The lowest BCUT2D eigenvalue weighted by molar-refractivity contribution is -0.0391. The van der Waals surface area contributed by atoms with Crippen molar-refractivity contribution in [3.8, 4) is 0 Å². The Hall–Kier alpha value is -0.160. The molecule has 0 aromatic carbocycles. The highest BCUT2D eigenvalue weighted by Crippen LogP contribution is 2.15. The van der Waals surface area contributed by atoms with Gasteiger partial charge in [0.2, 0.25) is 0 Å². The summed E-state index contributed by atoms with van der Waals surface area (Å²) in [6.07, 6.45) is 1.39. The van der Waals surface area contributed by atoms with Crippen LogP contribution in [-0.4, -0.2) is 56.5 Å². The summed E-state index contributed by atoms with van der Waals surface area (Å²) in [5, 5.41) is 0. The molecule has 4 nitrogen and oxygen atoms in total. The van der Waals surface area contributed by atoms with Gasteiger partial charge >= 0.3 is 0 Å². The normalized spacial score (nSPS) is 36.7. The lowest BCUT2D eigenvalue weighted by Crippen LogP contribution is -2.50. The average Bonchev–Trinajstić information content (AvgIpc) is 2.71. The van der Waals surface area contributed by atoms with Gasteiger partial charge in [0.05, 0.1) is 19.3 Å². The second-order valence-corrected chi connectivity index (χ2v) is 3.74. The van der Waals surface area contributed by atoms with Gasteiger partial charge in [-0.2, -0.15) is 0 Å². The van der Waals surface area contributed by atoms with Crippen LogP contribution >= 0.6 is 0 Å². The first kappa shape index (κ1) is 9.40. The van der Waals surface area contributed by atoms with E-state index in [9.17, 15) is 0 Å². The van der Waals surface area contributed by atoms with Crippen LogP contribution in [0.2, 0.25) is 0 Å². The Morgan fingerprint density at radius 1 is 1.38 bits per heavy atom. The maximum absolute atomic E-state index is 5.58. The molecule has 0 spiro atoms. The summed E-state index contributed by atoms with van der Waals surface area (Å²) in [7, 11) is 0. The highest BCUT2D eigenvalue weighted by Gasteiger charge is 2.27. The quantitative estimate of drug-likeness (QED) is 0.627. The van der Waals surface area contributed by atoms with Crippen molar-refractivity contribution >= 4 is 0 Å². The number of hydrogen-bond acceptors (Lipinski definition) is 4.